The fraction of sp³-hybridized carbons (Fsp3) is 0.217. The maximum atomic E-state index is 12.7. The first kappa shape index (κ1) is 19.6. The molecule has 0 radical (unpaired) electrons. The molecule has 8 heteroatoms. The highest BCUT2D eigenvalue weighted by atomic mass is 32.1. The SMILES string of the molecule is O=C(Nc1cc2cc(-c3nncs3)ccc2cn1)c1ccc(OC2CCNCC2)cc1. The topological polar surface area (TPSA) is 89.0 Å². The molecule has 7 nitrogen and oxygen atoms in total. The lowest BCUT2D eigenvalue weighted by atomic mass is 10.1. The van der Waals surface area contributed by atoms with Crippen LogP contribution in [-0.4, -0.2) is 40.3 Å². The van der Waals surface area contributed by atoms with Crippen LogP contribution < -0.4 is 15.4 Å². The number of piperidine rings is 1. The number of rotatable bonds is 5. The van der Waals surface area contributed by atoms with Gasteiger partial charge in [0.1, 0.15) is 28.2 Å². The smallest absolute Gasteiger partial charge is 0.256 e. The van der Waals surface area contributed by atoms with Gasteiger partial charge in [-0.3, -0.25) is 4.79 Å². The van der Waals surface area contributed by atoms with E-state index in [-0.39, 0.29) is 12.0 Å². The lowest BCUT2D eigenvalue weighted by Gasteiger charge is -2.23. The van der Waals surface area contributed by atoms with Crippen LogP contribution in [0.5, 0.6) is 5.75 Å². The molecule has 2 aromatic carbocycles. The molecule has 0 spiro atoms. The van der Waals surface area contributed by atoms with Crippen molar-refractivity contribution < 1.29 is 9.53 Å². The van der Waals surface area contributed by atoms with Gasteiger partial charge in [0.2, 0.25) is 0 Å². The second-order valence-corrected chi connectivity index (χ2v) is 8.25. The number of benzene rings is 2. The van der Waals surface area contributed by atoms with Gasteiger partial charge in [-0.25, -0.2) is 4.98 Å². The molecule has 2 aromatic heterocycles. The maximum absolute atomic E-state index is 12.7. The number of hydrogen-bond donors (Lipinski definition) is 2. The zero-order valence-corrected chi connectivity index (χ0v) is 17.6. The van der Waals surface area contributed by atoms with E-state index in [0.717, 1.165) is 53.0 Å². The minimum absolute atomic E-state index is 0.208. The van der Waals surface area contributed by atoms with Crippen LogP contribution in [0.15, 0.2) is 60.2 Å². The Morgan fingerprint density at radius 2 is 1.90 bits per heavy atom. The highest BCUT2D eigenvalue weighted by molar-refractivity contribution is 7.12. The molecule has 0 atom stereocenters. The standard InChI is InChI=1S/C23H21N5O2S/c29-22(15-3-5-19(6-4-15)30-20-7-9-24-10-8-20)27-21-12-18-11-16(23-28-26-14-31-23)1-2-17(18)13-25-21/h1-6,11-14,20,24H,7-10H2,(H,25,27,29). The lowest BCUT2D eigenvalue weighted by Crippen LogP contribution is -2.34. The Kier molecular flexibility index (Phi) is 5.56. The summed E-state index contributed by atoms with van der Waals surface area (Å²) >= 11 is 1.49. The van der Waals surface area contributed by atoms with Gasteiger partial charge in [-0.05, 0) is 67.7 Å². The van der Waals surface area contributed by atoms with Crippen molar-refractivity contribution in [1.82, 2.24) is 20.5 Å². The summed E-state index contributed by atoms with van der Waals surface area (Å²) in [4.78, 5) is 17.1. The van der Waals surface area contributed by atoms with Crippen LogP contribution in [0.25, 0.3) is 21.3 Å². The highest BCUT2D eigenvalue weighted by Gasteiger charge is 2.15. The van der Waals surface area contributed by atoms with E-state index in [2.05, 4.69) is 25.8 Å². The second-order valence-electron chi connectivity index (χ2n) is 7.42. The normalized spacial score (nSPS) is 14.5. The Morgan fingerprint density at radius 3 is 2.68 bits per heavy atom. The minimum Gasteiger partial charge on any atom is -0.490 e. The number of anilines is 1. The van der Waals surface area contributed by atoms with E-state index >= 15 is 0 Å². The number of carbonyl (C=O) groups excluding carboxylic acids is 1. The molecule has 1 saturated heterocycles. The van der Waals surface area contributed by atoms with E-state index in [0.29, 0.717) is 11.4 Å². The van der Waals surface area contributed by atoms with Gasteiger partial charge in [-0.1, -0.05) is 23.5 Å². The van der Waals surface area contributed by atoms with E-state index in [4.69, 9.17) is 4.74 Å². The third-order valence-electron chi connectivity index (χ3n) is 5.28. The Hall–Kier alpha value is -3.36. The highest BCUT2D eigenvalue weighted by Crippen LogP contribution is 2.26. The number of hydrogen-bond acceptors (Lipinski definition) is 7. The monoisotopic (exact) mass is 431 g/mol. The lowest BCUT2D eigenvalue weighted by molar-refractivity contribution is 0.102. The summed E-state index contributed by atoms with van der Waals surface area (Å²) in [6.45, 7) is 1.96. The zero-order chi connectivity index (χ0) is 21.0. The fourth-order valence-electron chi connectivity index (χ4n) is 3.62. The molecule has 0 unspecified atom stereocenters. The van der Waals surface area contributed by atoms with E-state index in [9.17, 15) is 4.79 Å². The molecule has 0 bridgehead atoms. The molecule has 2 N–H and O–H groups in total. The predicted octanol–water partition coefficient (Wildman–Crippen LogP) is 4.14. The third kappa shape index (κ3) is 4.55. The van der Waals surface area contributed by atoms with E-state index in [1.54, 1.807) is 23.8 Å². The third-order valence-corrected chi connectivity index (χ3v) is 6.02. The van der Waals surface area contributed by atoms with Crippen molar-refractivity contribution >= 4 is 33.8 Å². The van der Waals surface area contributed by atoms with Crippen molar-refractivity contribution in [1.29, 1.82) is 0 Å². The molecule has 3 heterocycles. The van der Waals surface area contributed by atoms with Crippen LogP contribution >= 0.6 is 11.3 Å². The first-order chi connectivity index (χ1) is 15.2. The molecule has 1 aliphatic rings. The summed E-state index contributed by atoms with van der Waals surface area (Å²) in [5, 5.41) is 17.0. The van der Waals surface area contributed by atoms with Gasteiger partial charge in [-0.2, -0.15) is 0 Å². The Bertz CT molecular complexity index is 1190. The molecule has 4 aromatic rings. The Morgan fingerprint density at radius 1 is 1.06 bits per heavy atom. The average Bonchev–Trinajstić information content (AvgIpc) is 3.35. The number of aromatic nitrogens is 3. The molecule has 5 rings (SSSR count). The molecule has 1 aliphatic heterocycles. The molecular weight excluding hydrogens is 410 g/mol. The number of fused-ring (bicyclic) bond motifs is 1. The minimum atomic E-state index is -0.208. The van der Waals surface area contributed by atoms with E-state index < -0.39 is 0 Å². The van der Waals surface area contributed by atoms with E-state index in [1.807, 2.05) is 36.4 Å². The van der Waals surface area contributed by atoms with Crippen molar-refractivity contribution in [3.8, 4) is 16.3 Å². The first-order valence-corrected chi connectivity index (χ1v) is 11.1. The summed E-state index contributed by atoms with van der Waals surface area (Å²) in [6.07, 6.45) is 3.98. The van der Waals surface area contributed by atoms with E-state index in [1.165, 1.54) is 11.3 Å². The summed E-state index contributed by atoms with van der Waals surface area (Å²) < 4.78 is 6.01. The summed E-state index contributed by atoms with van der Waals surface area (Å²) in [5.41, 5.74) is 3.26. The second kappa shape index (κ2) is 8.79. The Balaban J connectivity index is 1.29. The molecular formula is C23H21N5O2S. The van der Waals surface area contributed by atoms with Gasteiger partial charge >= 0.3 is 0 Å². The van der Waals surface area contributed by atoms with Crippen molar-refractivity contribution in [2.24, 2.45) is 0 Å². The zero-order valence-electron chi connectivity index (χ0n) is 16.7. The van der Waals surface area contributed by atoms with Gasteiger partial charge in [0.05, 0.1) is 0 Å². The number of carbonyl (C=O) groups is 1. The Labute approximate surface area is 183 Å². The number of nitrogens with one attached hydrogen (secondary N) is 2. The largest absolute Gasteiger partial charge is 0.490 e. The van der Waals surface area contributed by atoms with Crippen LogP contribution in [0.2, 0.25) is 0 Å². The van der Waals surface area contributed by atoms with Crippen LogP contribution in [-0.2, 0) is 0 Å². The molecule has 0 saturated carbocycles. The number of ether oxygens (including phenoxy) is 1. The summed E-state index contributed by atoms with van der Waals surface area (Å²) in [6, 6.07) is 15.1. The van der Waals surface area contributed by atoms with Crippen molar-refractivity contribution in [3.05, 3.63) is 65.8 Å². The van der Waals surface area contributed by atoms with Crippen LogP contribution in [0.4, 0.5) is 5.82 Å². The fourth-order valence-corrected chi connectivity index (χ4v) is 4.17. The molecule has 0 aliphatic carbocycles. The van der Waals surface area contributed by atoms with Gasteiger partial charge in [0.15, 0.2) is 0 Å². The first-order valence-electron chi connectivity index (χ1n) is 10.2. The van der Waals surface area contributed by atoms with Crippen molar-refractivity contribution in [2.45, 2.75) is 18.9 Å². The molecule has 31 heavy (non-hydrogen) atoms. The van der Waals surface area contributed by atoms with Crippen LogP contribution in [0.1, 0.15) is 23.2 Å². The van der Waals surface area contributed by atoms with Crippen LogP contribution in [0, 0.1) is 0 Å². The van der Waals surface area contributed by atoms with Gasteiger partial charge in [0, 0.05) is 22.7 Å². The molecule has 1 amide bonds. The molecule has 1 fully saturated rings. The number of amides is 1. The van der Waals surface area contributed by atoms with Crippen molar-refractivity contribution in [3.63, 3.8) is 0 Å². The average molecular weight is 432 g/mol. The maximum Gasteiger partial charge on any atom is 0.256 e. The molecule has 156 valence electrons. The number of pyridine rings is 1. The van der Waals surface area contributed by atoms with Gasteiger partial charge in [-0.15, -0.1) is 10.2 Å². The number of nitrogens with zero attached hydrogens (tertiary/aromatic N) is 3. The van der Waals surface area contributed by atoms with Gasteiger partial charge < -0.3 is 15.4 Å². The van der Waals surface area contributed by atoms with Crippen LogP contribution in [0.3, 0.4) is 0 Å². The van der Waals surface area contributed by atoms with Crippen molar-refractivity contribution in [2.75, 3.05) is 18.4 Å². The quantitative estimate of drug-likeness (QED) is 0.494. The van der Waals surface area contributed by atoms with Gasteiger partial charge in [0.25, 0.3) is 5.91 Å². The predicted molar refractivity (Wildman–Crippen MR) is 122 cm³/mol. The summed E-state index contributed by atoms with van der Waals surface area (Å²) in [5.74, 6) is 1.08. The summed E-state index contributed by atoms with van der Waals surface area (Å²) in [7, 11) is 0.